The average molecular weight is 395 g/mol. The highest BCUT2D eigenvalue weighted by atomic mass is 16.5. The number of anilines is 1. The first-order chi connectivity index (χ1) is 14.0. The Morgan fingerprint density at radius 1 is 1.28 bits per heavy atom. The summed E-state index contributed by atoms with van der Waals surface area (Å²) in [6.45, 7) is 5.45. The second-order valence-corrected chi connectivity index (χ2v) is 6.95. The summed E-state index contributed by atoms with van der Waals surface area (Å²) < 4.78 is 6.01. The molecule has 29 heavy (non-hydrogen) atoms. The molecule has 1 amide bonds. The Hall–Kier alpha value is -3.62. The van der Waals surface area contributed by atoms with E-state index in [1.807, 2.05) is 17.2 Å². The standard InChI is InChI=1S/C20H25N7O2/c1-13(2)14-5-16(8-23-7-14)29-17-10-27(11-17)18-9-24-12-25-19(18)20(28)26-15(6-22)3-4-21/h3-9,12-13,17H,10-11,21-22H2,1-2H3,(H,26,28)/b4-3-,15-6+. The molecule has 152 valence electrons. The normalized spacial score (nSPS) is 14.9. The van der Waals surface area contributed by atoms with Gasteiger partial charge in [-0.05, 0) is 29.8 Å². The lowest BCUT2D eigenvalue weighted by molar-refractivity contribution is 0.0961. The molecule has 0 radical (unpaired) electrons. The molecule has 9 heteroatoms. The Morgan fingerprint density at radius 3 is 2.76 bits per heavy atom. The number of nitrogens with two attached hydrogens (primary N) is 2. The van der Waals surface area contributed by atoms with Crippen LogP contribution in [-0.2, 0) is 0 Å². The molecule has 0 spiro atoms. The second kappa shape index (κ2) is 9.05. The monoisotopic (exact) mass is 395 g/mol. The summed E-state index contributed by atoms with van der Waals surface area (Å²) in [5, 5.41) is 2.67. The first kappa shape index (κ1) is 20.1. The van der Waals surface area contributed by atoms with E-state index in [0.29, 0.717) is 30.4 Å². The van der Waals surface area contributed by atoms with E-state index in [4.69, 9.17) is 16.2 Å². The summed E-state index contributed by atoms with van der Waals surface area (Å²) in [6.07, 6.45) is 10.5. The quantitative estimate of drug-likeness (QED) is 0.597. The molecule has 0 unspecified atom stereocenters. The highest BCUT2D eigenvalue weighted by molar-refractivity contribution is 5.98. The summed E-state index contributed by atoms with van der Waals surface area (Å²) in [7, 11) is 0. The van der Waals surface area contributed by atoms with Gasteiger partial charge in [0.2, 0.25) is 0 Å². The number of allylic oxidation sites excluding steroid dienone is 1. The molecular weight excluding hydrogens is 370 g/mol. The third-order valence-electron chi connectivity index (χ3n) is 4.51. The molecule has 1 aliphatic heterocycles. The van der Waals surface area contributed by atoms with Crippen molar-refractivity contribution < 1.29 is 9.53 Å². The summed E-state index contributed by atoms with van der Waals surface area (Å²) in [4.78, 5) is 27.0. The molecule has 0 aromatic carbocycles. The minimum absolute atomic E-state index is 0.00463. The van der Waals surface area contributed by atoms with Crippen molar-refractivity contribution in [3.63, 3.8) is 0 Å². The van der Waals surface area contributed by atoms with Gasteiger partial charge in [-0.25, -0.2) is 9.97 Å². The predicted molar refractivity (Wildman–Crippen MR) is 110 cm³/mol. The Morgan fingerprint density at radius 2 is 2.07 bits per heavy atom. The molecule has 5 N–H and O–H groups in total. The topological polar surface area (TPSA) is 132 Å². The van der Waals surface area contributed by atoms with E-state index in [9.17, 15) is 4.79 Å². The summed E-state index contributed by atoms with van der Waals surface area (Å²) >= 11 is 0. The zero-order chi connectivity index (χ0) is 20.8. The van der Waals surface area contributed by atoms with Gasteiger partial charge >= 0.3 is 0 Å². The highest BCUT2D eigenvalue weighted by Crippen LogP contribution is 2.27. The van der Waals surface area contributed by atoms with Gasteiger partial charge in [-0.2, -0.15) is 0 Å². The fourth-order valence-electron chi connectivity index (χ4n) is 2.88. The van der Waals surface area contributed by atoms with Crippen LogP contribution in [0.25, 0.3) is 0 Å². The fourth-order valence-corrected chi connectivity index (χ4v) is 2.88. The van der Waals surface area contributed by atoms with Crippen molar-refractivity contribution >= 4 is 11.6 Å². The Kier molecular flexibility index (Phi) is 6.28. The molecule has 1 aliphatic rings. The van der Waals surface area contributed by atoms with E-state index in [0.717, 1.165) is 11.3 Å². The van der Waals surface area contributed by atoms with E-state index in [2.05, 4.69) is 34.1 Å². The Labute approximate surface area is 169 Å². The van der Waals surface area contributed by atoms with Crippen LogP contribution in [0.5, 0.6) is 5.75 Å². The maximum Gasteiger partial charge on any atom is 0.276 e. The minimum atomic E-state index is -0.393. The van der Waals surface area contributed by atoms with E-state index < -0.39 is 5.91 Å². The van der Waals surface area contributed by atoms with Crippen LogP contribution in [0.4, 0.5) is 5.69 Å². The van der Waals surface area contributed by atoms with E-state index in [1.165, 1.54) is 24.8 Å². The van der Waals surface area contributed by atoms with Gasteiger partial charge < -0.3 is 26.4 Å². The number of aromatic nitrogens is 3. The van der Waals surface area contributed by atoms with Crippen molar-refractivity contribution in [1.82, 2.24) is 20.3 Å². The van der Waals surface area contributed by atoms with Crippen molar-refractivity contribution in [2.75, 3.05) is 18.0 Å². The number of rotatable bonds is 7. The predicted octanol–water partition coefficient (Wildman–Crippen LogP) is 1.26. The van der Waals surface area contributed by atoms with Gasteiger partial charge in [0.25, 0.3) is 5.91 Å². The summed E-state index contributed by atoms with van der Waals surface area (Å²) in [5.41, 5.74) is 13.2. The van der Waals surface area contributed by atoms with Crippen molar-refractivity contribution in [2.24, 2.45) is 11.5 Å². The van der Waals surface area contributed by atoms with Crippen LogP contribution >= 0.6 is 0 Å². The average Bonchev–Trinajstić information content (AvgIpc) is 2.70. The fraction of sp³-hybridized carbons (Fsp3) is 0.300. The summed E-state index contributed by atoms with van der Waals surface area (Å²) in [5.74, 6) is 0.734. The lowest BCUT2D eigenvalue weighted by Gasteiger charge is -2.40. The molecule has 2 aromatic heterocycles. The van der Waals surface area contributed by atoms with Crippen molar-refractivity contribution in [3.8, 4) is 5.75 Å². The zero-order valence-corrected chi connectivity index (χ0v) is 16.4. The number of nitrogens with zero attached hydrogens (tertiary/aromatic N) is 4. The zero-order valence-electron chi connectivity index (χ0n) is 16.4. The molecule has 1 saturated heterocycles. The molecule has 1 fully saturated rings. The van der Waals surface area contributed by atoms with Crippen molar-refractivity contribution in [1.29, 1.82) is 0 Å². The van der Waals surface area contributed by atoms with Gasteiger partial charge in [-0.1, -0.05) is 13.8 Å². The van der Waals surface area contributed by atoms with Crippen LogP contribution in [-0.4, -0.2) is 40.1 Å². The molecule has 0 bridgehead atoms. The molecule has 3 rings (SSSR count). The number of hydrogen-bond acceptors (Lipinski definition) is 8. The second-order valence-electron chi connectivity index (χ2n) is 6.95. The molecule has 2 aromatic rings. The number of nitrogens with one attached hydrogen (secondary N) is 1. The summed E-state index contributed by atoms with van der Waals surface area (Å²) in [6, 6.07) is 2.01. The van der Waals surface area contributed by atoms with Gasteiger partial charge in [-0.15, -0.1) is 0 Å². The smallest absolute Gasteiger partial charge is 0.276 e. The number of hydrogen-bond donors (Lipinski definition) is 3. The van der Waals surface area contributed by atoms with Crippen LogP contribution in [0.15, 0.2) is 55.2 Å². The van der Waals surface area contributed by atoms with Crippen LogP contribution in [0.1, 0.15) is 35.8 Å². The van der Waals surface area contributed by atoms with Crippen LogP contribution < -0.4 is 26.4 Å². The number of pyridine rings is 1. The maximum atomic E-state index is 12.6. The van der Waals surface area contributed by atoms with Gasteiger partial charge in [0.1, 0.15) is 18.2 Å². The van der Waals surface area contributed by atoms with Gasteiger partial charge in [0, 0.05) is 12.4 Å². The molecule has 9 nitrogen and oxygen atoms in total. The number of carbonyl (C=O) groups is 1. The molecule has 0 saturated carbocycles. The number of amides is 1. The van der Waals surface area contributed by atoms with Crippen LogP contribution in [0.2, 0.25) is 0 Å². The third-order valence-corrected chi connectivity index (χ3v) is 4.51. The van der Waals surface area contributed by atoms with Gasteiger partial charge in [0.15, 0.2) is 5.69 Å². The van der Waals surface area contributed by atoms with E-state index in [1.54, 1.807) is 12.4 Å². The minimum Gasteiger partial charge on any atom is -0.485 e. The van der Waals surface area contributed by atoms with Crippen molar-refractivity contribution in [3.05, 3.63) is 66.4 Å². The lowest BCUT2D eigenvalue weighted by atomic mass is 10.1. The number of carbonyl (C=O) groups excluding carboxylic acids is 1. The molecular formula is C20H25N7O2. The highest BCUT2D eigenvalue weighted by Gasteiger charge is 2.32. The van der Waals surface area contributed by atoms with Gasteiger partial charge in [-0.3, -0.25) is 9.78 Å². The van der Waals surface area contributed by atoms with Crippen LogP contribution in [0, 0.1) is 0 Å². The molecule has 3 heterocycles. The maximum absolute atomic E-state index is 12.6. The first-order valence-corrected chi connectivity index (χ1v) is 9.30. The number of ether oxygens (including phenoxy) is 1. The van der Waals surface area contributed by atoms with E-state index in [-0.39, 0.29) is 11.8 Å². The van der Waals surface area contributed by atoms with Crippen molar-refractivity contribution in [2.45, 2.75) is 25.9 Å². The lowest BCUT2D eigenvalue weighted by Crippen LogP contribution is -2.54. The van der Waals surface area contributed by atoms with Gasteiger partial charge in [0.05, 0.1) is 36.9 Å². The van der Waals surface area contributed by atoms with E-state index >= 15 is 0 Å². The third kappa shape index (κ3) is 4.81. The largest absolute Gasteiger partial charge is 0.485 e. The Bertz CT molecular complexity index is 921. The SMILES string of the molecule is CC(C)c1cncc(OC2CN(c3cncnc3C(=O)NC(/C=C\N)=C/N)C2)c1. The molecule has 0 atom stereocenters. The molecule has 0 aliphatic carbocycles. The van der Waals surface area contributed by atoms with Crippen LogP contribution in [0.3, 0.4) is 0 Å². The Balaban J connectivity index is 1.65. The first-order valence-electron chi connectivity index (χ1n) is 9.30.